The van der Waals surface area contributed by atoms with Crippen LogP contribution in [0.4, 0.5) is 0 Å². The molecule has 0 spiro atoms. The lowest BCUT2D eigenvalue weighted by Crippen LogP contribution is -2.15. The highest BCUT2D eigenvalue weighted by Gasteiger charge is 2.24. The van der Waals surface area contributed by atoms with Gasteiger partial charge in [-0.25, -0.2) is 4.98 Å². The van der Waals surface area contributed by atoms with E-state index < -0.39 is 0 Å². The van der Waals surface area contributed by atoms with E-state index in [4.69, 9.17) is 0 Å². The van der Waals surface area contributed by atoms with E-state index in [2.05, 4.69) is 49.0 Å². The maximum absolute atomic E-state index is 4.24. The van der Waals surface area contributed by atoms with E-state index in [0.717, 1.165) is 17.6 Å². The zero-order valence-corrected chi connectivity index (χ0v) is 11.7. The molecule has 1 aromatic heterocycles. The normalized spacial score (nSPS) is 14.9. The SMILES string of the molecule is Brc1ccccc1CNCc1cncn1C1CC1. The van der Waals surface area contributed by atoms with Crippen molar-refractivity contribution in [2.75, 3.05) is 0 Å². The maximum atomic E-state index is 4.24. The Morgan fingerprint density at radius 3 is 2.89 bits per heavy atom. The van der Waals surface area contributed by atoms with Crippen molar-refractivity contribution in [3.8, 4) is 0 Å². The summed E-state index contributed by atoms with van der Waals surface area (Å²) in [6, 6.07) is 9.01. The molecule has 1 heterocycles. The van der Waals surface area contributed by atoms with E-state index in [-0.39, 0.29) is 0 Å². The molecule has 0 aliphatic heterocycles. The van der Waals surface area contributed by atoms with Gasteiger partial charge in [0.25, 0.3) is 0 Å². The lowest BCUT2D eigenvalue weighted by molar-refractivity contribution is 0.620. The summed E-state index contributed by atoms with van der Waals surface area (Å²) in [6.07, 6.45) is 6.51. The first-order valence-corrected chi connectivity index (χ1v) is 7.09. The molecule has 0 bridgehead atoms. The van der Waals surface area contributed by atoms with Gasteiger partial charge >= 0.3 is 0 Å². The van der Waals surface area contributed by atoms with Gasteiger partial charge in [-0.15, -0.1) is 0 Å². The average Bonchev–Trinajstić information content (AvgIpc) is 3.12. The Morgan fingerprint density at radius 1 is 1.28 bits per heavy atom. The largest absolute Gasteiger partial charge is 0.330 e. The summed E-state index contributed by atoms with van der Waals surface area (Å²) in [7, 11) is 0. The summed E-state index contributed by atoms with van der Waals surface area (Å²) < 4.78 is 3.46. The van der Waals surface area contributed by atoms with Crippen LogP contribution in [0, 0.1) is 0 Å². The van der Waals surface area contributed by atoms with Crippen LogP contribution < -0.4 is 5.32 Å². The number of imidazole rings is 1. The molecule has 3 nitrogen and oxygen atoms in total. The monoisotopic (exact) mass is 305 g/mol. The Labute approximate surface area is 115 Å². The van der Waals surface area contributed by atoms with Crippen LogP contribution in [0.2, 0.25) is 0 Å². The van der Waals surface area contributed by atoms with Crippen molar-refractivity contribution < 1.29 is 0 Å². The average molecular weight is 306 g/mol. The number of halogens is 1. The summed E-state index contributed by atoms with van der Waals surface area (Å²) in [5, 5.41) is 3.48. The number of benzene rings is 1. The second-order valence-corrected chi connectivity index (χ2v) is 5.57. The molecule has 1 N–H and O–H groups in total. The van der Waals surface area contributed by atoms with Crippen molar-refractivity contribution in [1.82, 2.24) is 14.9 Å². The second-order valence-electron chi connectivity index (χ2n) is 4.72. The molecule has 1 aliphatic rings. The third-order valence-corrected chi connectivity index (χ3v) is 4.04. The van der Waals surface area contributed by atoms with Gasteiger partial charge in [-0.2, -0.15) is 0 Å². The first-order chi connectivity index (χ1) is 8.84. The quantitative estimate of drug-likeness (QED) is 0.919. The van der Waals surface area contributed by atoms with E-state index in [9.17, 15) is 0 Å². The molecule has 0 unspecified atom stereocenters. The Hall–Kier alpha value is -1.13. The highest BCUT2D eigenvalue weighted by molar-refractivity contribution is 9.10. The van der Waals surface area contributed by atoms with Crippen LogP contribution in [0.1, 0.15) is 30.1 Å². The highest BCUT2D eigenvalue weighted by atomic mass is 79.9. The zero-order chi connectivity index (χ0) is 12.4. The number of hydrogen-bond acceptors (Lipinski definition) is 2. The predicted octanol–water partition coefficient (Wildman–Crippen LogP) is 3.27. The van der Waals surface area contributed by atoms with Gasteiger partial charge in [0.2, 0.25) is 0 Å². The van der Waals surface area contributed by atoms with Crippen molar-refractivity contribution in [2.45, 2.75) is 32.0 Å². The van der Waals surface area contributed by atoms with Crippen molar-refractivity contribution in [3.05, 3.63) is 52.5 Å². The van der Waals surface area contributed by atoms with Crippen LogP contribution in [0.25, 0.3) is 0 Å². The fourth-order valence-corrected chi connectivity index (χ4v) is 2.54. The molecule has 0 saturated heterocycles. The van der Waals surface area contributed by atoms with Crippen LogP contribution in [-0.4, -0.2) is 9.55 Å². The molecular formula is C14H16BrN3. The smallest absolute Gasteiger partial charge is 0.0951 e. The van der Waals surface area contributed by atoms with E-state index >= 15 is 0 Å². The molecule has 2 aromatic rings. The summed E-state index contributed by atoms with van der Waals surface area (Å²) >= 11 is 3.57. The van der Waals surface area contributed by atoms with Crippen LogP contribution in [0.5, 0.6) is 0 Å². The van der Waals surface area contributed by atoms with Gasteiger partial charge in [0.15, 0.2) is 0 Å². The molecule has 1 fully saturated rings. The Kier molecular flexibility index (Phi) is 3.48. The fraction of sp³-hybridized carbons (Fsp3) is 0.357. The Bertz CT molecular complexity index is 531. The summed E-state index contributed by atoms with van der Waals surface area (Å²) in [6.45, 7) is 1.75. The van der Waals surface area contributed by atoms with Gasteiger partial charge in [0, 0.05) is 29.8 Å². The molecule has 0 atom stereocenters. The second kappa shape index (κ2) is 5.24. The van der Waals surface area contributed by atoms with Crippen molar-refractivity contribution in [2.24, 2.45) is 0 Å². The van der Waals surface area contributed by atoms with E-state index in [1.54, 1.807) is 0 Å². The predicted molar refractivity (Wildman–Crippen MR) is 75.2 cm³/mol. The maximum Gasteiger partial charge on any atom is 0.0951 e. The Balaban J connectivity index is 1.58. The summed E-state index contributed by atoms with van der Waals surface area (Å²) in [4.78, 5) is 4.24. The fourth-order valence-electron chi connectivity index (χ4n) is 2.12. The zero-order valence-electron chi connectivity index (χ0n) is 10.1. The molecule has 1 saturated carbocycles. The minimum absolute atomic E-state index is 0.702. The minimum Gasteiger partial charge on any atom is -0.330 e. The summed E-state index contributed by atoms with van der Waals surface area (Å²) in [5.74, 6) is 0. The highest BCUT2D eigenvalue weighted by Crippen LogP contribution is 2.35. The number of nitrogens with one attached hydrogen (secondary N) is 1. The molecule has 0 amide bonds. The number of aromatic nitrogens is 2. The molecule has 1 aliphatic carbocycles. The third-order valence-electron chi connectivity index (χ3n) is 3.27. The third kappa shape index (κ3) is 2.65. The van der Waals surface area contributed by atoms with E-state index in [1.807, 2.05) is 18.6 Å². The lowest BCUT2D eigenvalue weighted by Gasteiger charge is -2.09. The Morgan fingerprint density at radius 2 is 2.11 bits per heavy atom. The van der Waals surface area contributed by atoms with E-state index in [0.29, 0.717) is 6.04 Å². The first kappa shape index (κ1) is 11.9. The molecule has 18 heavy (non-hydrogen) atoms. The van der Waals surface area contributed by atoms with Crippen LogP contribution in [0.3, 0.4) is 0 Å². The lowest BCUT2D eigenvalue weighted by atomic mass is 10.2. The first-order valence-electron chi connectivity index (χ1n) is 6.29. The molecule has 1 aromatic carbocycles. The molecule has 3 rings (SSSR count). The topological polar surface area (TPSA) is 29.9 Å². The van der Waals surface area contributed by atoms with Gasteiger partial charge in [-0.1, -0.05) is 34.1 Å². The van der Waals surface area contributed by atoms with Gasteiger partial charge in [-0.3, -0.25) is 0 Å². The number of rotatable bonds is 5. The van der Waals surface area contributed by atoms with Gasteiger partial charge < -0.3 is 9.88 Å². The van der Waals surface area contributed by atoms with Crippen molar-refractivity contribution in [1.29, 1.82) is 0 Å². The van der Waals surface area contributed by atoms with Crippen molar-refractivity contribution >= 4 is 15.9 Å². The number of hydrogen-bond donors (Lipinski definition) is 1. The molecule has 0 radical (unpaired) electrons. The molecular weight excluding hydrogens is 290 g/mol. The van der Waals surface area contributed by atoms with E-state index in [1.165, 1.54) is 24.1 Å². The van der Waals surface area contributed by atoms with Crippen LogP contribution in [-0.2, 0) is 13.1 Å². The van der Waals surface area contributed by atoms with Crippen molar-refractivity contribution in [3.63, 3.8) is 0 Å². The summed E-state index contributed by atoms with van der Waals surface area (Å²) in [5.41, 5.74) is 2.57. The van der Waals surface area contributed by atoms with Crippen LogP contribution >= 0.6 is 15.9 Å². The molecule has 4 heteroatoms. The minimum atomic E-state index is 0.702. The number of nitrogens with zero attached hydrogens (tertiary/aromatic N) is 2. The van der Waals surface area contributed by atoms with Gasteiger partial charge in [0.05, 0.1) is 12.0 Å². The molecule has 94 valence electrons. The van der Waals surface area contributed by atoms with Crippen LogP contribution in [0.15, 0.2) is 41.3 Å². The standard InChI is InChI=1S/C14H16BrN3/c15-14-4-2-1-3-11(14)7-16-8-13-9-17-10-18(13)12-5-6-12/h1-4,9-10,12,16H,5-8H2. The van der Waals surface area contributed by atoms with Gasteiger partial charge in [0.1, 0.15) is 0 Å². The van der Waals surface area contributed by atoms with Gasteiger partial charge in [-0.05, 0) is 24.5 Å².